The molecule has 0 unspecified atom stereocenters. The molecule has 0 atom stereocenters. The summed E-state index contributed by atoms with van der Waals surface area (Å²) in [6.07, 6.45) is 7.27. The van der Waals surface area contributed by atoms with Gasteiger partial charge in [0.05, 0.1) is 11.8 Å². The number of hydrogen-bond acceptors (Lipinski definition) is 5. The van der Waals surface area contributed by atoms with Crippen LogP contribution in [0.25, 0.3) is 21.5 Å². The van der Waals surface area contributed by atoms with Crippen LogP contribution in [0.4, 0.5) is 11.4 Å². The van der Waals surface area contributed by atoms with Crippen LogP contribution in [0.1, 0.15) is 51.7 Å². The van der Waals surface area contributed by atoms with Gasteiger partial charge in [0.15, 0.2) is 12.3 Å². The van der Waals surface area contributed by atoms with Gasteiger partial charge in [-0.25, -0.2) is 0 Å². The molecular weight excluding hydrogens is 609 g/mol. The average Bonchev–Trinajstić information content (AvgIpc) is 3.68. The van der Waals surface area contributed by atoms with E-state index in [1.807, 2.05) is 0 Å². The van der Waals surface area contributed by atoms with Crippen LogP contribution in [-0.2, 0) is 20.4 Å². The van der Waals surface area contributed by atoms with Gasteiger partial charge in [-0.1, -0.05) is 74.5 Å². The summed E-state index contributed by atoms with van der Waals surface area (Å²) in [5.41, 5.74) is 6.63. The van der Waals surface area contributed by atoms with Gasteiger partial charge >= 0.3 is 0 Å². The number of amides is 2. The smallest absolute Gasteiger partial charge is 0.231 e. The third kappa shape index (κ3) is 4.60. The summed E-state index contributed by atoms with van der Waals surface area (Å²) < 4.78 is 1.52. The minimum Gasteiger partial charge on any atom is -0.343 e. The lowest BCUT2D eigenvalue weighted by molar-refractivity contribution is -0.436. The third-order valence-electron chi connectivity index (χ3n) is 10.00. The highest BCUT2D eigenvalue weighted by Crippen LogP contribution is 2.60. The molecule has 0 bridgehead atoms. The number of hydrogen-bond donors (Lipinski definition) is 2. The zero-order valence-electron chi connectivity index (χ0n) is 26.5. The predicted octanol–water partition coefficient (Wildman–Crippen LogP) is 7.64. The normalized spacial score (nSPS) is 23.2. The monoisotopic (exact) mass is 645 g/mol. The first-order valence-corrected chi connectivity index (χ1v) is 18.1. The zero-order valence-corrected chi connectivity index (χ0v) is 28.1. The summed E-state index contributed by atoms with van der Waals surface area (Å²) in [6, 6.07) is 25.9. The Labute approximate surface area is 277 Å². The summed E-state index contributed by atoms with van der Waals surface area (Å²) >= 11 is 0. The van der Waals surface area contributed by atoms with E-state index in [-0.39, 0.29) is 22.6 Å². The summed E-state index contributed by atoms with van der Waals surface area (Å²) in [4.78, 5) is 29.0. The lowest BCUT2D eigenvalue weighted by Gasteiger charge is -2.27. The maximum Gasteiger partial charge on any atom is 0.231 e. The predicted molar refractivity (Wildman–Crippen MR) is 192 cm³/mol. The molecule has 8 rings (SSSR count). The molecule has 4 aliphatic rings. The summed E-state index contributed by atoms with van der Waals surface area (Å²) in [7, 11) is 2.97. The summed E-state index contributed by atoms with van der Waals surface area (Å²) in [5, 5.41) is 11.1. The topological polar surface area (TPSA) is 64.5 Å². The molecule has 0 aliphatic carbocycles. The van der Waals surface area contributed by atoms with Gasteiger partial charge in [0.2, 0.25) is 21.8 Å². The highest BCUT2D eigenvalue weighted by Gasteiger charge is 2.50. The number of fused-ring (bicyclic) bond motifs is 9. The highest BCUT2D eigenvalue weighted by molar-refractivity contribution is 8.93. The maximum atomic E-state index is 13.3. The molecule has 1 saturated heterocycles. The molecule has 232 valence electrons. The van der Waals surface area contributed by atoms with Crippen molar-refractivity contribution in [1.82, 2.24) is 10.6 Å². The number of carbonyl (C=O) groups is 2. The minimum atomic E-state index is -0.798. The van der Waals surface area contributed by atoms with E-state index in [4.69, 9.17) is 0 Å². The van der Waals surface area contributed by atoms with Gasteiger partial charge in [-0.15, -0.1) is 0 Å². The van der Waals surface area contributed by atoms with Gasteiger partial charge in [-0.05, 0) is 80.8 Å². The molecule has 6 nitrogen and oxygen atoms in total. The van der Waals surface area contributed by atoms with Crippen LogP contribution in [0.2, 0.25) is 0 Å². The van der Waals surface area contributed by atoms with Crippen molar-refractivity contribution < 1.29 is 14.2 Å². The van der Waals surface area contributed by atoms with E-state index >= 15 is 0 Å². The van der Waals surface area contributed by atoms with E-state index < -0.39 is 4.33 Å². The Kier molecular flexibility index (Phi) is 6.71. The van der Waals surface area contributed by atoms with Gasteiger partial charge in [0, 0.05) is 47.5 Å². The molecule has 2 amide bonds. The highest BCUT2D eigenvalue weighted by atomic mass is 33.2. The molecule has 4 aromatic carbocycles. The Hall–Kier alpha value is -4.01. The third-order valence-corrected chi connectivity index (χ3v) is 12.4. The fraction of sp³-hybridized carbons (Fsp3) is 0.289. The fourth-order valence-corrected chi connectivity index (χ4v) is 9.31. The second-order valence-corrected chi connectivity index (χ2v) is 16.4. The van der Waals surface area contributed by atoms with Crippen LogP contribution in [0.15, 0.2) is 96.7 Å². The molecule has 0 aromatic heterocycles. The molecular formula is C38H37N4O2S2+. The first-order chi connectivity index (χ1) is 22.1. The van der Waals surface area contributed by atoms with Gasteiger partial charge in [-0.3, -0.25) is 9.59 Å². The van der Waals surface area contributed by atoms with Crippen LogP contribution >= 0.6 is 21.6 Å². The molecule has 4 aliphatic heterocycles. The summed E-state index contributed by atoms with van der Waals surface area (Å²) in [6.45, 7) is 10.2. The van der Waals surface area contributed by atoms with Crippen LogP contribution in [0.3, 0.4) is 0 Å². The van der Waals surface area contributed by atoms with Gasteiger partial charge < -0.3 is 15.5 Å². The van der Waals surface area contributed by atoms with Crippen molar-refractivity contribution in [2.75, 3.05) is 18.0 Å². The minimum absolute atomic E-state index is 0.0791. The number of carbonyl (C=O) groups excluding carboxylic acids is 2. The van der Waals surface area contributed by atoms with E-state index in [0.29, 0.717) is 25.9 Å². The largest absolute Gasteiger partial charge is 0.343 e. The van der Waals surface area contributed by atoms with Crippen LogP contribution < -0.4 is 15.5 Å². The Bertz CT molecular complexity index is 2070. The quantitative estimate of drug-likeness (QED) is 0.117. The van der Waals surface area contributed by atoms with Crippen LogP contribution in [0, 0.1) is 0 Å². The van der Waals surface area contributed by atoms with Crippen molar-refractivity contribution >= 4 is 72.0 Å². The molecule has 4 aromatic rings. The Morgan fingerprint density at radius 1 is 0.739 bits per heavy atom. The van der Waals surface area contributed by atoms with Crippen molar-refractivity contribution in [1.29, 1.82) is 0 Å². The van der Waals surface area contributed by atoms with Crippen molar-refractivity contribution in [3.63, 3.8) is 0 Å². The van der Waals surface area contributed by atoms with Crippen molar-refractivity contribution in [2.24, 2.45) is 0 Å². The molecule has 8 heteroatoms. The first kappa shape index (κ1) is 29.4. The lowest BCUT2D eigenvalue weighted by atomic mass is 9.79. The van der Waals surface area contributed by atoms with E-state index in [0.717, 1.165) is 11.4 Å². The summed E-state index contributed by atoms with van der Waals surface area (Å²) in [5.74, 6) is -0.158. The molecule has 4 heterocycles. The number of rotatable bonds is 0. The van der Waals surface area contributed by atoms with E-state index in [2.05, 4.69) is 139 Å². The number of allylic oxidation sites excluding steroid dienone is 4. The molecule has 0 saturated carbocycles. The SMILES string of the molecule is CC1(C)C2=[N+](CCC(=O)NC3(NC(=O)CCN4/C(=C/C=C/2)C(C)(C)c2c4ccc4ccccc24)SS3)c2ccc3ccccc3c21. The van der Waals surface area contributed by atoms with Crippen LogP contribution in [-0.4, -0.2) is 39.5 Å². The second-order valence-electron chi connectivity index (χ2n) is 13.6. The molecule has 2 N–H and O–H groups in total. The zero-order chi connectivity index (χ0) is 31.8. The van der Waals surface area contributed by atoms with Gasteiger partial charge in [0.25, 0.3) is 0 Å². The Morgan fingerprint density at radius 3 is 2.07 bits per heavy atom. The Morgan fingerprint density at radius 2 is 1.37 bits per heavy atom. The average molecular weight is 646 g/mol. The number of nitrogens with zero attached hydrogens (tertiary/aromatic N) is 2. The number of anilines is 1. The first-order valence-electron chi connectivity index (χ1n) is 15.9. The van der Waals surface area contributed by atoms with Crippen molar-refractivity contribution in [3.05, 3.63) is 108 Å². The Balaban J connectivity index is 1.28. The molecule has 1 spiro atoms. The van der Waals surface area contributed by atoms with E-state index in [1.165, 1.54) is 65.7 Å². The number of nitrogens with one attached hydrogen (secondary N) is 2. The van der Waals surface area contributed by atoms with Crippen molar-refractivity contribution in [3.8, 4) is 0 Å². The standard InChI is InChI=1S/C38H36N4O2S2/c1-36(2)30-14-9-15-31-37(3,4)35-27-13-8-6-11-25(27)17-19-29(35)42(31)23-21-33(44)40-38(45-46-38)39-32(43)20-22-41(30)28-18-16-24-10-5-7-12-26(24)34(28)36/h5-19H,20-23H2,1-4H3,(H-,39,40,43,44)/p+1. The van der Waals surface area contributed by atoms with Crippen molar-refractivity contribution in [2.45, 2.75) is 55.7 Å². The van der Waals surface area contributed by atoms with Gasteiger partial charge in [-0.2, -0.15) is 4.58 Å². The fourth-order valence-electron chi connectivity index (χ4n) is 7.86. The maximum absolute atomic E-state index is 13.3. The van der Waals surface area contributed by atoms with Crippen LogP contribution in [0.5, 0.6) is 0 Å². The van der Waals surface area contributed by atoms with E-state index in [1.54, 1.807) is 0 Å². The molecule has 0 radical (unpaired) electrons. The molecule has 46 heavy (non-hydrogen) atoms. The van der Waals surface area contributed by atoms with E-state index in [9.17, 15) is 9.59 Å². The lowest BCUT2D eigenvalue weighted by Crippen LogP contribution is -2.49. The second kappa shape index (κ2) is 10.5. The van der Waals surface area contributed by atoms with Gasteiger partial charge in [0.1, 0.15) is 0 Å². The molecule has 1 fully saturated rings. The number of benzene rings is 4.